The molecule has 128 valence electrons. The summed E-state index contributed by atoms with van der Waals surface area (Å²) in [5.74, 6) is 0.893. The average molecular weight is 347 g/mol. The van der Waals surface area contributed by atoms with Gasteiger partial charge in [-0.15, -0.1) is 0 Å². The van der Waals surface area contributed by atoms with Crippen LogP contribution in [0.4, 0.5) is 0 Å². The van der Waals surface area contributed by atoms with Gasteiger partial charge in [0.25, 0.3) is 0 Å². The molecular weight excluding hydrogens is 326 g/mol. The topological polar surface area (TPSA) is 72.4 Å². The Morgan fingerprint density at radius 3 is 2.83 bits per heavy atom. The minimum atomic E-state index is -3.37. The van der Waals surface area contributed by atoms with Gasteiger partial charge in [-0.3, -0.25) is 4.90 Å². The van der Waals surface area contributed by atoms with Crippen LogP contribution in [0.1, 0.15) is 22.4 Å². The summed E-state index contributed by atoms with van der Waals surface area (Å²) in [5, 5.41) is -0.0960. The SMILES string of the molecule is Cc1cccc(OCN2CCc3nc(S(C)(=O)=O)ncc3C2)c1C. The molecule has 0 radical (unpaired) electrons. The summed E-state index contributed by atoms with van der Waals surface area (Å²) in [6.45, 7) is 6.03. The molecule has 0 unspecified atom stereocenters. The van der Waals surface area contributed by atoms with E-state index in [1.165, 1.54) is 5.56 Å². The maximum absolute atomic E-state index is 11.5. The van der Waals surface area contributed by atoms with Gasteiger partial charge in [-0.25, -0.2) is 18.4 Å². The number of hydrogen-bond acceptors (Lipinski definition) is 6. The number of ether oxygens (including phenoxy) is 1. The summed E-state index contributed by atoms with van der Waals surface area (Å²) in [6.07, 6.45) is 3.43. The van der Waals surface area contributed by atoms with Gasteiger partial charge in [0.2, 0.25) is 15.0 Å². The van der Waals surface area contributed by atoms with Crippen LogP contribution in [-0.4, -0.2) is 42.8 Å². The molecule has 1 aromatic heterocycles. The number of hydrogen-bond donors (Lipinski definition) is 0. The molecule has 24 heavy (non-hydrogen) atoms. The first-order valence-corrected chi connectivity index (χ1v) is 9.70. The zero-order valence-corrected chi connectivity index (χ0v) is 14.9. The molecule has 0 fully saturated rings. The second-order valence-electron chi connectivity index (χ2n) is 6.17. The van der Waals surface area contributed by atoms with Crippen molar-refractivity contribution in [3.63, 3.8) is 0 Å². The van der Waals surface area contributed by atoms with E-state index in [1.807, 2.05) is 12.1 Å². The van der Waals surface area contributed by atoms with E-state index in [4.69, 9.17) is 4.74 Å². The smallest absolute Gasteiger partial charge is 0.246 e. The summed E-state index contributed by atoms with van der Waals surface area (Å²) < 4.78 is 29.0. The molecular formula is C17H21N3O3S. The highest BCUT2D eigenvalue weighted by Crippen LogP contribution is 2.22. The highest BCUT2D eigenvalue weighted by molar-refractivity contribution is 7.90. The lowest BCUT2D eigenvalue weighted by Crippen LogP contribution is -2.34. The first-order valence-electron chi connectivity index (χ1n) is 7.81. The van der Waals surface area contributed by atoms with Gasteiger partial charge in [-0.1, -0.05) is 12.1 Å². The Morgan fingerprint density at radius 1 is 1.29 bits per heavy atom. The quantitative estimate of drug-likeness (QED) is 0.787. The number of aryl methyl sites for hydroxylation is 1. The third-order valence-electron chi connectivity index (χ3n) is 4.28. The summed E-state index contributed by atoms with van der Waals surface area (Å²) in [5.41, 5.74) is 4.13. The fourth-order valence-electron chi connectivity index (χ4n) is 2.69. The summed E-state index contributed by atoms with van der Waals surface area (Å²) in [6, 6.07) is 6.03. The van der Waals surface area contributed by atoms with Gasteiger partial charge < -0.3 is 4.74 Å². The highest BCUT2D eigenvalue weighted by atomic mass is 32.2. The number of aromatic nitrogens is 2. The maximum atomic E-state index is 11.5. The van der Waals surface area contributed by atoms with Crippen molar-refractivity contribution < 1.29 is 13.2 Å². The molecule has 0 saturated carbocycles. The molecule has 1 aliphatic heterocycles. The first kappa shape index (κ1) is 16.9. The zero-order chi connectivity index (χ0) is 17.3. The van der Waals surface area contributed by atoms with E-state index in [9.17, 15) is 8.42 Å². The molecule has 0 atom stereocenters. The molecule has 0 saturated heterocycles. The van der Waals surface area contributed by atoms with Crippen LogP contribution in [0.3, 0.4) is 0 Å². The molecule has 1 aromatic carbocycles. The standard InChI is InChI=1S/C17H21N3O3S/c1-12-5-4-6-16(13(12)2)23-11-20-8-7-15-14(10-20)9-18-17(19-15)24(3,21)22/h4-6,9H,7-8,10-11H2,1-3H3. The van der Waals surface area contributed by atoms with Crippen molar-refractivity contribution in [1.29, 1.82) is 0 Å². The van der Waals surface area contributed by atoms with Crippen molar-refractivity contribution in [2.45, 2.75) is 32.0 Å². The van der Waals surface area contributed by atoms with E-state index in [1.54, 1.807) is 6.20 Å². The van der Waals surface area contributed by atoms with Crippen LogP contribution in [-0.2, 0) is 22.8 Å². The normalized spacial score (nSPS) is 15.1. The molecule has 0 bridgehead atoms. The monoisotopic (exact) mass is 347 g/mol. The molecule has 0 N–H and O–H groups in total. The molecule has 7 heteroatoms. The molecule has 0 amide bonds. The lowest BCUT2D eigenvalue weighted by molar-refractivity contribution is 0.112. The van der Waals surface area contributed by atoms with Crippen molar-refractivity contribution in [1.82, 2.24) is 14.9 Å². The second kappa shape index (κ2) is 6.49. The Balaban J connectivity index is 1.68. The van der Waals surface area contributed by atoms with Gasteiger partial charge in [-0.2, -0.15) is 0 Å². The molecule has 2 heterocycles. The number of fused-ring (bicyclic) bond motifs is 1. The zero-order valence-electron chi connectivity index (χ0n) is 14.1. The molecule has 6 nitrogen and oxygen atoms in total. The Hall–Kier alpha value is -1.99. The van der Waals surface area contributed by atoms with Crippen LogP contribution >= 0.6 is 0 Å². The van der Waals surface area contributed by atoms with E-state index in [0.29, 0.717) is 19.7 Å². The minimum Gasteiger partial charge on any atom is -0.478 e. The summed E-state index contributed by atoms with van der Waals surface area (Å²) >= 11 is 0. The first-order chi connectivity index (χ1) is 11.3. The fraction of sp³-hybridized carbons (Fsp3) is 0.412. The van der Waals surface area contributed by atoms with Crippen LogP contribution in [0.2, 0.25) is 0 Å². The summed E-state index contributed by atoms with van der Waals surface area (Å²) in [4.78, 5) is 10.3. The van der Waals surface area contributed by atoms with Crippen molar-refractivity contribution >= 4 is 9.84 Å². The van der Waals surface area contributed by atoms with Crippen LogP contribution < -0.4 is 4.74 Å². The van der Waals surface area contributed by atoms with E-state index >= 15 is 0 Å². The van der Waals surface area contributed by atoms with E-state index in [-0.39, 0.29) is 5.16 Å². The minimum absolute atomic E-state index is 0.0960. The van der Waals surface area contributed by atoms with Crippen LogP contribution in [0.5, 0.6) is 5.75 Å². The van der Waals surface area contributed by atoms with Gasteiger partial charge >= 0.3 is 0 Å². The third-order valence-corrected chi connectivity index (χ3v) is 5.14. The molecule has 1 aliphatic rings. The Kier molecular flexibility index (Phi) is 4.56. The van der Waals surface area contributed by atoms with Crippen LogP contribution in [0.25, 0.3) is 0 Å². The Labute approximate surface area is 142 Å². The van der Waals surface area contributed by atoms with Gasteiger partial charge in [0, 0.05) is 37.5 Å². The van der Waals surface area contributed by atoms with Gasteiger partial charge in [0.1, 0.15) is 12.5 Å². The van der Waals surface area contributed by atoms with Gasteiger partial charge in [0.15, 0.2) is 0 Å². The fourth-order valence-corrected chi connectivity index (χ4v) is 3.21. The number of sulfone groups is 1. The molecule has 3 rings (SSSR count). The number of nitrogens with zero attached hydrogens (tertiary/aromatic N) is 3. The van der Waals surface area contributed by atoms with E-state index < -0.39 is 9.84 Å². The Bertz CT molecular complexity index is 865. The van der Waals surface area contributed by atoms with Crippen molar-refractivity contribution in [2.75, 3.05) is 19.5 Å². The van der Waals surface area contributed by atoms with Crippen LogP contribution in [0, 0.1) is 13.8 Å². The summed E-state index contributed by atoms with van der Waals surface area (Å²) in [7, 11) is -3.37. The van der Waals surface area contributed by atoms with Crippen LogP contribution in [0.15, 0.2) is 29.6 Å². The predicted molar refractivity (Wildman–Crippen MR) is 90.7 cm³/mol. The van der Waals surface area contributed by atoms with E-state index in [2.05, 4.69) is 34.8 Å². The van der Waals surface area contributed by atoms with E-state index in [0.717, 1.165) is 35.4 Å². The van der Waals surface area contributed by atoms with Gasteiger partial charge in [0.05, 0.1) is 5.69 Å². The maximum Gasteiger partial charge on any atom is 0.246 e. The molecule has 2 aromatic rings. The average Bonchev–Trinajstić information content (AvgIpc) is 2.54. The number of benzene rings is 1. The van der Waals surface area contributed by atoms with Crippen molar-refractivity contribution in [2.24, 2.45) is 0 Å². The lowest BCUT2D eigenvalue weighted by Gasteiger charge is -2.28. The lowest BCUT2D eigenvalue weighted by atomic mass is 10.1. The largest absolute Gasteiger partial charge is 0.478 e. The second-order valence-corrected chi connectivity index (χ2v) is 8.08. The van der Waals surface area contributed by atoms with Gasteiger partial charge in [-0.05, 0) is 31.0 Å². The van der Waals surface area contributed by atoms with Crippen molar-refractivity contribution in [3.05, 3.63) is 46.8 Å². The predicted octanol–water partition coefficient (Wildman–Crippen LogP) is 1.89. The number of rotatable bonds is 4. The molecule has 0 aliphatic carbocycles. The third kappa shape index (κ3) is 3.57. The Morgan fingerprint density at radius 2 is 2.08 bits per heavy atom. The van der Waals surface area contributed by atoms with Crippen molar-refractivity contribution in [3.8, 4) is 5.75 Å². The highest BCUT2D eigenvalue weighted by Gasteiger charge is 2.21. The molecule has 0 spiro atoms.